The van der Waals surface area contributed by atoms with Gasteiger partial charge in [-0.15, -0.1) is 0 Å². The Morgan fingerprint density at radius 3 is 2.60 bits per heavy atom. The van der Waals surface area contributed by atoms with Crippen LogP contribution in [0.1, 0.15) is 29.8 Å². The molecule has 1 heterocycles. The predicted octanol–water partition coefficient (Wildman–Crippen LogP) is 3.54. The van der Waals surface area contributed by atoms with Crippen molar-refractivity contribution in [2.45, 2.75) is 26.9 Å². The molecule has 2 aromatic rings. The third kappa shape index (κ3) is 3.15. The standard InChI is InChI=1S/C16H17NO3/c1-10(2)20-14-6-13(8-17-9-14)12-5-4-11(3)15(7-12)16(18)19/h4-10H,1-3H3,(H,18,19). The minimum Gasteiger partial charge on any atom is -0.489 e. The average Bonchev–Trinajstić information content (AvgIpc) is 2.38. The maximum absolute atomic E-state index is 11.2. The molecular formula is C16H17NO3. The fourth-order valence-electron chi connectivity index (χ4n) is 1.95. The van der Waals surface area contributed by atoms with Gasteiger partial charge < -0.3 is 9.84 Å². The second-order valence-electron chi connectivity index (χ2n) is 4.91. The number of carboxylic acids is 1. The molecule has 20 heavy (non-hydrogen) atoms. The fraction of sp³-hybridized carbons (Fsp3) is 0.250. The number of aromatic nitrogens is 1. The second kappa shape index (κ2) is 5.74. The highest BCUT2D eigenvalue weighted by Crippen LogP contribution is 2.25. The van der Waals surface area contributed by atoms with Crippen LogP contribution in [-0.2, 0) is 0 Å². The van der Waals surface area contributed by atoms with Gasteiger partial charge in [-0.25, -0.2) is 4.79 Å². The molecule has 0 aliphatic carbocycles. The minimum absolute atomic E-state index is 0.0691. The molecule has 0 fully saturated rings. The third-order valence-corrected chi connectivity index (χ3v) is 2.89. The largest absolute Gasteiger partial charge is 0.489 e. The zero-order chi connectivity index (χ0) is 14.7. The maximum atomic E-state index is 11.2. The van der Waals surface area contributed by atoms with E-state index in [1.54, 1.807) is 31.5 Å². The van der Waals surface area contributed by atoms with Crippen LogP contribution < -0.4 is 4.74 Å². The number of aryl methyl sites for hydroxylation is 1. The van der Waals surface area contributed by atoms with Crippen LogP contribution in [0.5, 0.6) is 5.75 Å². The molecule has 2 rings (SSSR count). The minimum atomic E-state index is -0.924. The Hall–Kier alpha value is -2.36. The Morgan fingerprint density at radius 2 is 1.95 bits per heavy atom. The van der Waals surface area contributed by atoms with Gasteiger partial charge >= 0.3 is 5.97 Å². The number of pyridine rings is 1. The molecule has 0 bridgehead atoms. The van der Waals surface area contributed by atoms with Gasteiger partial charge in [0.1, 0.15) is 5.75 Å². The summed E-state index contributed by atoms with van der Waals surface area (Å²) in [5, 5.41) is 9.17. The van der Waals surface area contributed by atoms with Gasteiger partial charge in [-0.1, -0.05) is 12.1 Å². The average molecular weight is 271 g/mol. The molecule has 0 unspecified atom stereocenters. The lowest BCUT2D eigenvalue weighted by atomic mass is 10.0. The summed E-state index contributed by atoms with van der Waals surface area (Å²) in [5.41, 5.74) is 2.70. The van der Waals surface area contributed by atoms with Crippen molar-refractivity contribution in [1.82, 2.24) is 4.98 Å². The van der Waals surface area contributed by atoms with Crippen molar-refractivity contribution in [3.63, 3.8) is 0 Å². The summed E-state index contributed by atoms with van der Waals surface area (Å²) < 4.78 is 5.60. The zero-order valence-corrected chi connectivity index (χ0v) is 11.8. The van der Waals surface area contributed by atoms with Crippen molar-refractivity contribution in [3.05, 3.63) is 47.8 Å². The van der Waals surface area contributed by atoms with E-state index >= 15 is 0 Å². The summed E-state index contributed by atoms with van der Waals surface area (Å²) >= 11 is 0. The molecule has 0 saturated carbocycles. The Bertz CT molecular complexity index is 635. The van der Waals surface area contributed by atoms with Crippen LogP contribution in [0.15, 0.2) is 36.7 Å². The highest BCUT2D eigenvalue weighted by molar-refractivity contribution is 5.91. The number of aromatic carboxylic acids is 1. The first-order valence-corrected chi connectivity index (χ1v) is 6.43. The van der Waals surface area contributed by atoms with Gasteiger partial charge in [0.25, 0.3) is 0 Å². The molecule has 4 heteroatoms. The normalized spacial score (nSPS) is 10.6. The molecule has 0 radical (unpaired) electrons. The van der Waals surface area contributed by atoms with Crippen LogP contribution in [0.3, 0.4) is 0 Å². The number of nitrogens with zero attached hydrogens (tertiary/aromatic N) is 1. The van der Waals surface area contributed by atoms with Crippen molar-refractivity contribution in [3.8, 4) is 16.9 Å². The fourth-order valence-corrected chi connectivity index (χ4v) is 1.95. The smallest absolute Gasteiger partial charge is 0.335 e. The topological polar surface area (TPSA) is 59.4 Å². The predicted molar refractivity (Wildman–Crippen MR) is 77.1 cm³/mol. The van der Waals surface area contributed by atoms with Gasteiger partial charge in [0, 0.05) is 11.8 Å². The van der Waals surface area contributed by atoms with E-state index < -0.39 is 5.97 Å². The summed E-state index contributed by atoms with van der Waals surface area (Å²) in [4.78, 5) is 15.3. The highest BCUT2D eigenvalue weighted by Gasteiger charge is 2.10. The van der Waals surface area contributed by atoms with Crippen LogP contribution in [0.25, 0.3) is 11.1 Å². The van der Waals surface area contributed by atoms with Crippen molar-refractivity contribution in [2.24, 2.45) is 0 Å². The Kier molecular flexibility index (Phi) is 4.03. The Balaban J connectivity index is 2.41. The molecule has 104 valence electrons. The lowest BCUT2D eigenvalue weighted by Crippen LogP contribution is -2.05. The van der Waals surface area contributed by atoms with Crippen LogP contribution in [0.2, 0.25) is 0 Å². The zero-order valence-electron chi connectivity index (χ0n) is 11.8. The second-order valence-corrected chi connectivity index (χ2v) is 4.91. The van der Waals surface area contributed by atoms with Gasteiger partial charge in [0.2, 0.25) is 0 Å². The Labute approximate surface area is 118 Å². The number of benzene rings is 1. The van der Waals surface area contributed by atoms with E-state index in [0.717, 1.165) is 16.7 Å². The molecule has 0 amide bonds. The summed E-state index contributed by atoms with van der Waals surface area (Å²) in [5.74, 6) is -0.248. The number of hydrogen-bond donors (Lipinski definition) is 1. The van der Waals surface area contributed by atoms with E-state index in [0.29, 0.717) is 11.3 Å². The van der Waals surface area contributed by atoms with E-state index in [4.69, 9.17) is 4.74 Å². The van der Waals surface area contributed by atoms with Gasteiger partial charge in [0.15, 0.2) is 0 Å². The number of carbonyl (C=O) groups is 1. The molecule has 0 saturated heterocycles. The molecule has 1 aromatic heterocycles. The van der Waals surface area contributed by atoms with Crippen LogP contribution in [0, 0.1) is 6.92 Å². The lowest BCUT2D eigenvalue weighted by molar-refractivity contribution is 0.0696. The molecular weight excluding hydrogens is 254 g/mol. The van der Waals surface area contributed by atoms with Gasteiger partial charge in [-0.05, 0) is 44.0 Å². The van der Waals surface area contributed by atoms with Gasteiger partial charge in [0.05, 0.1) is 17.9 Å². The molecule has 0 aliphatic rings. The van der Waals surface area contributed by atoms with Crippen LogP contribution in [-0.4, -0.2) is 22.2 Å². The molecule has 0 aliphatic heterocycles. The first kappa shape index (κ1) is 14.1. The van der Waals surface area contributed by atoms with Crippen molar-refractivity contribution in [1.29, 1.82) is 0 Å². The van der Waals surface area contributed by atoms with E-state index in [2.05, 4.69) is 4.98 Å². The van der Waals surface area contributed by atoms with E-state index in [-0.39, 0.29) is 6.10 Å². The van der Waals surface area contributed by atoms with Gasteiger partial charge in [-0.2, -0.15) is 0 Å². The molecule has 0 atom stereocenters. The number of ether oxygens (including phenoxy) is 1. The van der Waals surface area contributed by atoms with E-state index in [1.165, 1.54) is 0 Å². The van der Waals surface area contributed by atoms with Crippen LogP contribution >= 0.6 is 0 Å². The monoisotopic (exact) mass is 271 g/mol. The SMILES string of the molecule is Cc1ccc(-c2cncc(OC(C)C)c2)cc1C(=O)O. The molecule has 4 nitrogen and oxygen atoms in total. The molecule has 0 spiro atoms. The first-order chi connectivity index (χ1) is 9.47. The summed E-state index contributed by atoms with van der Waals surface area (Å²) in [6.07, 6.45) is 3.42. The van der Waals surface area contributed by atoms with E-state index in [1.807, 2.05) is 26.0 Å². The lowest BCUT2D eigenvalue weighted by Gasteiger charge is -2.11. The quantitative estimate of drug-likeness (QED) is 0.924. The third-order valence-electron chi connectivity index (χ3n) is 2.89. The summed E-state index contributed by atoms with van der Waals surface area (Å²) in [7, 11) is 0. The molecule has 1 aromatic carbocycles. The highest BCUT2D eigenvalue weighted by atomic mass is 16.5. The summed E-state index contributed by atoms with van der Waals surface area (Å²) in [6.45, 7) is 5.67. The number of hydrogen-bond acceptors (Lipinski definition) is 3. The number of rotatable bonds is 4. The maximum Gasteiger partial charge on any atom is 0.335 e. The van der Waals surface area contributed by atoms with Crippen LogP contribution in [0.4, 0.5) is 0 Å². The van der Waals surface area contributed by atoms with Gasteiger partial charge in [-0.3, -0.25) is 4.98 Å². The van der Waals surface area contributed by atoms with Crippen molar-refractivity contribution in [2.75, 3.05) is 0 Å². The summed E-state index contributed by atoms with van der Waals surface area (Å²) in [6, 6.07) is 7.21. The first-order valence-electron chi connectivity index (χ1n) is 6.43. The van der Waals surface area contributed by atoms with Crippen molar-refractivity contribution < 1.29 is 14.6 Å². The number of carboxylic acid groups (broad SMARTS) is 1. The molecule has 1 N–H and O–H groups in total. The van der Waals surface area contributed by atoms with E-state index in [9.17, 15) is 9.90 Å². The van der Waals surface area contributed by atoms with Crippen molar-refractivity contribution >= 4 is 5.97 Å². The Morgan fingerprint density at radius 1 is 1.20 bits per heavy atom.